The third-order valence-corrected chi connectivity index (χ3v) is 7.17. The van der Waals surface area contributed by atoms with Gasteiger partial charge in [-0.05, 0) is 42.8 Å². The Bertz CT molecular complexity index is 1580. The number of alkyl halides is 3. The molecule has 0 aromatic heterocycles. The molecule has 1 atom stereocenters. The van der Waals surface area contributed by atoms with E-state index in [2.05, 4.69) is 5.32 Å². The number of nitriles is 2. The number of hydrogen-bond acceptors (Lipinski definition) is 8. The third-order valence-electron chi connectivity index (χ3n) is 6.02. The van der Waals surface area contributed by atoms with Crippen LogP contribution in [0.25, 0.3) is 0 Å². The van der Waals surface area contributed by atoms with Gasteiger partial charge in [0.25, 0.3) is 0 Å². The van der Waals surface area contributed by atoms with Crippen LogP contribution in [0.5, 0.6) is 0 Å². The van der Waals surface area contributed by atoms with E-state index < -0.39 is 44.6 Å². The summed E-state index contributed by atoms with van der Waals surface area (Å²) in [6.07, 6.45) is -3.91. The number of imide groups is 1. The number of nitrogens with zero attached hydrogens (tertiary/aromatic N) is 4. The van der Waals surface area contributed by atoms with E-state index in [1.807, 2.05) is 6.07 Å². The lowest BCUT2D eigenvalue weighted by Crippen LogP contribution is -2.55. The van der Waals surface area contributed by atoms with Crippen LogP contribution >= 0.6 is 0 Å². The molecule has 41 heavy (non-hydrogen) atoms. The monoisotopic (exact) mass is 591 g/mol. The zero-order valence-electron chi connectivity index (χ0n) is 21.8. The first-order valence-corrected chi connectivity index (χ1v) is 13.8. The molecule has 15 heteroatoms. The molecule has 1 aliphatic rings. The molecule has 0 saturated heterocycles. The highest BCUT2D eigenvalue weighted by atomic mass is 32.2. The number of carbonyl (C=O) groups excluding carboxylic acids is 2. The van der Waals surface area contributed by atoms with Crippen LogP contribution in [0.2, 0.25) is 0 Å². The number of ether oxygens (including phenoxy) is 1. The Balaban J connectivity index is 2.26. The lowest BCUT2D eigenvalue weighted by molar-refractivity contribution is -0.137. The van der Waals surface area contributed by atoms with Crippen LogP contribution in [-0.4, -0.2) is 63.1 Å². The third kappa shape index (κ3) is 6.66. The molecule has 0 radical (unpaired) electrons. The quantitative estimate of drug-likeness (QED) is 0.441. The van der Waals surface area contributed by atoms with Crippen LogP contribution in [0.15, 0.2) is 58.6 Å². The van der Waals surface area contributed by atoms with Gasteiger partial charge in [-0.1, -0.05) is 12.1 Å². The molecule has 2 aromatic carbocycles. The number of nitrogens with one attached hydrogen (secondary N) is 1. The number of rotatable bonds is 8. The standard InChI is InChI=1S/C26H24F3N5O6S/c1-16-21(15-31)23(20-7-6-17(14-30)12-22(20)41(2,38)39)34(24(36)32-8-10-40-11-9-35)25(37)33(16)19-5-3-4-18(13-19)26(27,28)29/h3-7,12-13,23,35H,8-11H2,1-2H3,(H,32,36)/t23-/m1/s1. The summed E-state index contributed by atoms with van der Waals surface area (Å²) in [5, 5.41) is 30.7. The van der Waals surface area contributed by atoms with E-state index in [0.717, 1.165) is 29.4 Å². The van der Waals surface area contributed by atoms with Gasteiger partial charge in [-0.3, -0.25) is 4.90 Å². The van der Waals surface area contributed by atoms with Crippen molar-refractivity contribution >= 4 is 27.6 Å². The van der Waals surface area contributed by atoms with Crippen molar-refractivity contribution in [3.05, 3.63) is 70.4 Å². The van der Waals surface area contributed by atoms with Gasteiger partial charge in [-0.15, -0.1) is 0 Å². The Morgan fingerprint density at radius 3 is 2.44 bits per heavy atom. The van der Waals surface area contributed by atoms with E-state index in [1.165, 1.54) is 25.1 Å². The van der Waals surface area contributed by atoms with Crippen molar-refractivity contribution in [2.24, 2.45) is 0 Å². The normalized spacial score (nSPS) is 15.9. The number of sulfone groups is 1. The lowest BCUT2D eigenvalue weighted by atomic mass is 9.93. The number of allylic oxidation sites excluding steroid dienone is 1. The van der Waals surface area contributed by atoms with Gasteiger partial charge in [0.2, 0.25) is 0 Å². The number of anilines is 1. The zero-order valence-corrected chi connectivity index (χ0v) is 22.6. The number of hydrogen-bond donors (Lipinski definition) is 2. The van der Waals surface area contributed by atoms with Gasteiger partial charge in [0.05, 0.1) is 59.2 Å². The van der Waals surface area contributed by atoms with E-state index in [4.69, 9.17) is 9.84 Å². The second kappa shape index (κ2) is 12.4. The predicted molar refractivity (Wildman–Crippen MR) is 138 cm³/mol. The molecule has 0 spiro atoms. The molecule has 2 aromatic rings. The summed E-state index contributed by atoms with van der Waals surface area (Å²) in [5.74, 6) is 0. The van der Waals surface area contributed by atoms with Crippen molar-refractivity contribution in [2.45, 2.75) is 24.0 Å². The van der Waals surface area contributed by atoms with Crippen LogP contribution in [0.4, 0.5) is 28.4 Å². The number of amides is 4. The van der Waals surface area contributed by atoms with Crippen LogP contribution in [-0.2, 0) is 20.8 Å². The molecule has 3 rings (SSSR count). The number of aliphatic hydroxyl groups is 1. The minimum absolute atomic E-state index is 0.0338. The van der Waals surface area contributed by atoms with Gasteiger partial charge >= 0.3 is 18.2 Å². The second-order valence-corrected chi connectivity index (χ2v) is 10.7. The first-order valence-electron chi connectivity index (χ1n) is 11.9. The Morgan fingerprint density at radius 1 is 1.15 bits per heavy atom. The molecule has 0 bridgehead atoms. The number of benzene rings is 2. The molecule has 2 N–H and O–H groups in total. The van der Waals surface area contributed by atoms with Crippen molar-refractivity contribution in [1.29, 1.82) is 10.5 Å². The maximum atomic E-state index is 13.9. The van der Waals surface area contributed by atoms with Gasteiger partial charge in [0.1, 0.15) is 6.04 Å². The summed E-state index contributed by atoms with van der Waals surface area (Å²) in [7, 11) is -4.08. The molecule has 0 aliphatic carbocycles. The molecule has 11 nitrogen and oxygen atoms in total. The molecular weight excluding hydrogens is 567 g/mol. The highest BCUT2D eigenvalue weighted by molar-refractivity contribution is 7.90. The average Bonchev–Trinajstić information content (AvgIpc) is 2.91. The van der Waals surface area contributed by atoms with E-state index in [0.29, 0.717) is 11.0 Å². The summed E-state index contributed by atoms with van der Waals surface area (Å²) >= 11 is 0. The van der Waals surface area contributed by atoms with Crippen LogP contribution in [0.3, 0.4) is 0 Å². The summed E-state index contributed by atoms with van der Waals surface area (Å²) in [4.78, 5) is 28.2. The molecule has 0 fully saturated rings. The van der Waals surface area contributed by atoms with E-state index in [-0.39, 0.29) is 54.4 Å². The fourth-order valence-electron chi connectivity index (χ4n) is 4.21. The van der Waals surface area contributed by atoms with Crippen molar-refractivity contribution in [1.82, 2.24) is 10.2 Å². The molecule has 0 unspecified atom stereocenters. The minimum atomic E-state index is -4.76. The van der Waals surface area contributed by atoms with E-state index >= 15 is 0 Å². The lowest BCUT2D eigenvalue weighted by Gasteiger charge is -2.41. The van der Waals surface area contributed by atoms with E-state index in [1.54, 1.807) is 6.07 Å². The SMILES string of the molecule is CC1=C(C#N)[C@@H](c2ccc(C#N)cc2S(C)(=O)=O)N(C(=O)NCCOCCO)C(=O)N1c1cccc(C(F)(F)F)c1. The second-order valence-electron chi connectivity index (χ2n) is 8.75. The summed E-state index contributed by atoms with van der Waals surface area (Å²) in [6, 6.07) is 6.99. The highest BCUT2D eigenvalue weighted by Gasteiger charge is 2.45. The molecular formula is C26H24F3N5O6S. The van der Waals surface area contributed by atoms with Crippen molar-refractivity contribution in [2.75, 3.05) is 37.5 Å². The maximum absolute atomic E-state index is 13.9. The number of carbonyl (C=O) groups is 2. The fourth-order valence-corrected chi connectivity index (χ4v) is 5.16. The minimum Gasteiger partial charge on any atom is -0.394 e. The molecule has 216 valence electrons. The smallest absolute Gasteiger partial charge is 0.394 e. The highest BCUT2D eigenvalue weighted by Crippen LogP contribution is 2.42. The van der Waals surface area contributed by atoms with Gasteiger partial charge in [0, 0.05) is 18.5 Å². The number of halogens is 3. The van der Waals surface area contributed by atoms with Crippen molar-refractivity contribution in [3.63, 3.8) is 0 Å². The van der Waals surface area contributed by atoms with E-state index in [9.17, 15) is 41.7 Å². The maximum Gasteiger partial charge on any atom is 0.416 e. The average molecular weight is 592 g/mol. The van der Waals surface area contributed by atoms with Gasteiger partial charge in [0.15, 0.2) is 9.84 Å². The fraction of sp³-hybridized carbons (Fsp3) is 0.308. The Hall–Kier alpha value is -4.44. The van der Waals surface area contributed by atoms with Crippen molar-refractivity contribution < 1.29 is 41.0 Å². The van der Waals surface area contributed by atoms with Crippen LogP contribution < -0.4 is 10.2 Å². The molecule has 1 aliphatic heterocycles. The largest absolute Gasteiger partial charge is 0.416 e. The first-order chi connectivity index (χ1) is 19.3. The molecule has 1 heterocycles. The van der Waals surface area contributed by atoms with Gasteiger partial charge in [-0.2, -0.15) is 23.7 Å². The van der Waals surface area contributed by atoms with Crippen LogP contribution in [0, 0.1) is 22.7 Å². The Morgan fingerprint density at radius 2 is 1.85 bits per heavy atom. The number of urea groups is 2. The van der Waals surface area contributed by atoms with Gasteiger partial charge < -0.3 is 15.2 Å². The summed E-state index contributed by atoms with van der Waals surface area (Å²) < 4.78 is 70.9. The topological polar surface area (TPSA) is 164 Å². The van der Waals surface area contributed by atoms with Gasteiger partial charge in [-0.25, -0.2) is 22.9 Å². The zero-order chi connectivity index (χ0) is 30.5. The molecule has 0 saturated carbocycles. The Kier molecular flexibility index (Phi) is 9.39. The predicted octanol–water partition coefficient (Wildman–Crippen LogP) is 3.48. The molecule has 4 amide bonds. The first kappa shape index (κ1) is 31.1. The number of aliphatic hydroxyl groups excluding tert-OH is 1. The summed E-state index contributed by atoms with van der Waals surface area (Å²) in [6.45, 7) is 0.714. The van der Waals surface area contributed by atoms with Crippen LogP contribution in [0.1, 0.15) is 29.7 Å². The summed E-state index contributed by atoms with van der Waals surface area (Å²) in [5.41, 5.74) is -2.03. The van der Waals surface area contributed by atoms with Crippen molar-refractivity contribution in [3.8, 4) is 12.1 Å². The Labute approximate surface area is 233 Å².